The highest BCUT2D eigenvalue weighted by Gasteiger charge is 2.06. The van der Waals surface area contributed by atoms with Gasteiger partial charge in [-0.1, -0.05) is 18.2 Å². The third-order valence-corrected chi connectivity index (χ3v) is 3.38. The minimum absolute atomic E-state index is 0.0204. The summed E-state index contributed by atoms with van der Waals surface area (Å²) in [5.41, 5.74) is 1.70. The molecule has 0 aliphatic carbocycles. The van der Waals surface area contributed by atoms with E-state index in [1.54, 1.807) is 42.5 Å². The van der Waals surface area contributed by atoms with Crippen LogP contribution in [0.3, 0.4) is 0 Å². The number of carbonyl (C=O) groups excluding carboxylic acids is 2. The average molecular weight is 374 g/mol. The van der Waals surface area contributed by atoms with E-state index in [-0.39, 0.29) is 23.6 Å². The molecule has 0 aromatic heterocycles. The number of halogens is 2. The number of allylic oxidation sites excluding steroid dienone is 1. The van der Waals surface area contributed by atoms with Gasteiger partial charge in [0.15, 0.2) is 5.78 Å². The highest BCUT2D eigenvalue weighted by Crippen LogP contribution is 2.16. The van der Waals surface area contributed by atoms with Crippen LogP contribution in [-0.4, -0.2) is 24.5 Å². The maximum absolute atomic E-state index is 12.2. The first-order valence-electron chi connectivity index (χ1n) is 8.28. The molecule has 0 spiro atoms. The molecule has 0 atom stereocenters. The maximum atomic E-state index is 12.2. The van der Waals surface area contributed by atoms with Crippen LogP contribution in [-0.2, 0) is 0 Å². The molecule has 0 fully saturated rings. The summed E-state index contributed by atoms with van der Waals surface area (Å²) in [4.78, 5) is 23.8. The molecule has 0 unspecified atom stereocenters. The van der Waals surface area contributed by atoms with Gasteiger partial charge in [0.2, 0.25) is 0 Å². The largest absolute Gasteiger partial charge is 0.435 e. The number of hydrogen-bond donors (Lipinski definition) is 2. The zero-order valence-corrected chi connectivity index (χ0v) is 14.9. The van der Waals surface area contributed by atoms with Gasteiger partial charge in [0.1, 0.15) is 5.75 Å². The highest BCUT2D eigenvalue weighted by atomic mass is 19.3. The Hall–Kier alpha value is -3.22. The third kappa shape index (κ3) is 6.89. The molecule has 0 saturated carbocycles. The second kappa shape index (κ2) is 9.47. The molecule has 142 valence electrons. The van der Waals surface area contributed by atoms with E-state index >= 15 is 0 Å². The monoisotopic (exact) mass is 374 g/mol. The molecule has 0 aliphatic heterocycles. The Morgan fingerprint density at radius 3 is 2.19 bits per heavy atom. The van der Waals surface area contributed by atoms with Gasteiger partial charge in [-0.3, -0.25) is 4.79 Å². The lowest BCUT2D eigenvalue weighted by Crippen LogP contribution is -2.34. The minimum atomic E-state index is -2.87. The number of ketones is 1. The molecule has 2 N–H and O–H groups in total. The summed E-state index contributed by atoms with van der Waals surface area (Å²) >= 11 is 0. The van der Waals surface area contributed by atoms with E-state index in [0.717, 1.165) is 0 Å². The highest BCUT2D eigenvalue weighted by molar-refractivity contribution is 6.07. The number of ether oxygens (including phenoxy) is 1. The molecular weight excluding hydrogens is 354 g/mol. The van der Waals surface area contributed by atoms with Gasteiger partial charge in [0.25, 0.3) is 0 Å². The molecule has 2 rings (SSSR count). The SMILES string of the molecule is CC(C)NC(=O)Nc1ccc(C(=O)/C=C/c2ccc(OC(F)F)cc2)cc1. The lowest BCUT2D eigenvalue weighted by Gasteiger charge is -2.10. The Morgan fingerprint density at radius 1 is 1.00 bits per heavy atom. The van der Waals surface area contributed by atoms with Crippen molar-refractivity contribution in [3.63, 3.8) is 0 Å². The number of benzene rings is 2. The normalized spacial score (nSPS) is 11.0. The molecular formula is C20H20F2N2O3. The Kier molecular flexibility index (Phi) is 7.05. The summed E-state index contributed by atoms with van der Waals surface area (Å²) in [6.45, 7) is 0.835. The minimum Gasteiger partial charge on any atom is -0.435 e. The Labute approximate surface area is 156 Å². The van der Waals surface area contributed by atoms with E-state index < -0.39 is 6.61 Å². The van der Waals surface area contributed by atoms with Gasteiger partial charge in [-0.05, 0) is 61.9 Å². The van der Waals surface area contributed by atoms with Crippen LogP contribution in [0.2, 0.25) is 0 Å². The molecule has 2 amide bonds. The number of amides is 2. The van der Waals surface area contributed by atoms with Crippen LogP contribution in [0.1, 0.15) is 29.8 Å². The van der Waals surface area contributed by atoms with Gasteiger partial charge in [0.05, 0.1) is 0 Å². The van der Waals surface area contributed by atoms with Gasteiger partial charge < -0.3 is 15.4 Å². The first kappa shape index (κ1) is 20.1. The summed E-state index contributed by atoms with van der Waals surface area (Å²) in [5.74, 6) is -0.167. The van der Waals surface area contributed by atoms with Crippen LogP contribution in [0, 0.1) is 0 Å². The number of hydrogen-bond acceptors (Lipinski definition) is 3. The van der Waals surface area contributed by atoms with Crippen molar-refractivity contribution in [2.75, 3.05) is 5.32 Å². The molecule has 0 heterocycles. The Bertz CT molecular complexity index is 801. The van der Waals surface area contributed by atoms with E-state index in [1.165, 1.54) is 18.2 Å². The number of alkyl halides is 2. The van der Waals surface area contributed by atoms with Crippen molar-refractivity contribution < 1.29 is 23.1 Å². The summed E-state index contributed by atoms with van der Waals surface area (Å²) < 4.78 is 28.5. The summed E-state index contributed by atoms with van der Waals surface area (Å²) in [7, 11) is 0. The average Bonchev–Trinajstić information content (AvgIpc) is 2.60. The van der Waals surface area contributed by atoms with Crippen molar-refractivity contribution in [3.05, 3.63) is 65.7 Å². The molecule has 2 aromatic rings. The number of carbonyl (C=O) groups is 2. The van der Waals surface area contributed by atoms with Crippen LogP contribution in [0.5, 0.6) is 5.75 Å². The first-order valence-corrected chi connectivity index (χ1v) is 8.28. The standard InChI is InChI=1S/C20H20F2N2O3/c1-13(2)23-20(26)24-16-8-6-15(7-9-16)18(25)12-5-14-3-10-17(11-4-14)27-19(21)22/h3-13,19H,1-2H3,(H2,23,24,26)/b12-5+. The zero-order valence-electron chi connectivity index (χ0n) is 14.9. The van der Waals surface area contributed by atoms with E-state index in [1.807, 2.05) is 13.8 Å². The van der Waals surface area contributed by atoms with Gasteiger partial charge in [-0.2, -0.15) is 8.78 Å². The fraction of sp³-hybridized carbons (Fsp3) is 0.200. The smallest absolute Gasteiger partial charge is 0.387 e. The molecule has 0 saturated heterocycles. The predicted molar refractivity (Wildman–Crippen MR) is 100 cm³/mol. The number of urea groups is 1. The fourth-order valence-corrected chi connectivity index (χ4v) is 2.18. The maximum Gasteiger partial charge on any atom is 0.387 e. The molecule has 7 heteroatoms. The van der Waals surface area contributed by atoms with Gasteiger partial charge in [-0.25, -0.2) is 4.79 Å². The number of nitrogens with one attached hydrogen (secondary N) is 2. The second-order valence-corrected chi connectivity index (χ2v) is 5.98. The first-order chi connectivity index (χ1) is 12.8. The molecule has 0 bridgehead atoms. The molecule has 27 heavy (non-hydrogen) atoms. The third-order valence-electron chi connectivity index (χ3n) is 3.38. The fourth-order valence-electron chi connectivity index (χ4n) is 2.18. The predicted octanol–water partition coefficient (Wildman–Crippen LogP) is 4.71. The van der Waals surface area contributed by atoms with Crippen LogP contribution < -0.4 is 15.4 Å². The van der Waals surface area contributed by atoms with Crippen molar-refractivity contribution in [2.24, 2.45) is 0 Å². The van der Waals surface area contributed by atoms with Gasteiger partial charge in [0, 0.05) is 17.3 Å². The Morgan fingerprint density at radius 2 is 1.63 bits per heavy atom. The molecule has 0 aliphatic rings. The van der Waals surface area contributed by atoms with Crippen molar-refractivity contribution in [1.82, 2.24) is 5.32 Å². The Balaban J connectivity index is 1.95. The lowest BCUT2D eigenvalue weighted by molar-refractivity contribution is -0.0498. The van der Waals surface area contributed by atoms with Crippen molar-refractivity contribution in [3.8, 4) is 5.75 Å². The van der Waals surface area contributed by atoms with Crippen LogP contribution in [0.4, 0.5) is 19.3 Å². The lowest BCUT2D eigenvalue weighted by atomic mass is 10.1. The second-order valence-electron chi connectivity index (χ2n) is 5.98. The van der Waals surface area contributed by atoms with Crippen molar-refractivity contribution in [1.29, 1.82) is 0 Å². The summed E-state index contributed by atoms with van der Waals surface area (Å²) in [6.07, 6.45) is 2.97. The van der Waals surface area contributed by atoms with Crippen LogP contribution in [0.15, 0.2) is 54.6 Å². The van der Waals surface area contributed by atoms with Crippen molar-refractivity contribution in [2.45, 2.75) is 26.5 Å². The van der Waals surface area contributed by atoms with Crippen LogP contribution >= 0.6 is 0 Å². The molecule has 2 aromatic carbocycles. The number of anilines is 1. The molecule has 0 radical (unpaired) electrons. The van der Waals surface area contributed by atoms with E-state index in [4.69, 9.17) is 0 Å². The van der Waals surface area contributed by atoms with E-state index in [2.05, 4.69) is 15.4 Å². The molecule has 5 nitrogen and oxygen atoms in total. The van der Waals surface area contributed by atoms with E-state index in [9.17, 15) is 18.4 Å². The zero-order chi connectivity index (χ0) is 19.8. The summed E-state index contributed by atoms with van der Waals surface area (Å²) in [6, 6.07) is 12.1. The van der Waals surface area contributed by atoms with Crippen molar-refractivity contribution >= 4 is 23.6 Å². The quantitative estimate of drug-likeness (QED) is 0.545. The topological polar surface area (TPSA) is 67.4 Å². The van der Waals surface area contributed by atoms with Crippen LogP contribution in [0.25, 0.3) is 6.08 Å². The van der Waals surface area contributed by atoms with E-state index in [0.29, 0.717) is 16.8 Å². The number of rotatable bonds is 7. The van der Waals surface area contributed by atoms with Gasteiger partial charge >= 0.3 is 12.6 Å². The van der Waals surface area contributed by atoms with Gasteiger partial charge in [-0.15, -0.1) is 0 Å². The summed E-state index contributed by atoms with van der Waals surface area (Å²) in [5, 5.41) is 5.37.